The molecular weight excluding hydrogens is 307 g/mol. The molecule has 1 aliphatic rings. The van der Waals surface area contributed by atoms with Crippen LogP contribution in [0.15, 0.2) is 48.5 Å². The Morgan fingerprint density at radius 1 is 1.25 bits per heavy atom. The van der Waals surface area contributed by atoms with E-state index in [0.29, 0.717) is 17.9 Å². The molecule has 1 fully saturated rings. The average Bonchev–Trinajstić information content (AvgIpc) is 3.06. The van der Waals surface area contributed by atoms with E-state index in [1.165, 1.54) is 12.1 Å². The zero-order chi connectivity index (χ0) is 16.8. The van der Waals surface area contributed by atoms with E-state index in [0.717, 1.165) is 24.9 Å². The van der Waals surface area contributed by atoms with Gasteiger partial charge < -0.3 is 15.4 Å². The van der Waals surface area contributed by atoms with E-state index in [9.17, 15) is 9.18 Å². The summed E-state index contributed by atoms with van der Waals surface area (Å²) in [6.07, 6.45) is 2.65. The van der Waals surface area contributed by atoms with E-state index in [4.69, 9.17) is 4.74 Å². The number of amides is 1. The second-order valence-corrected chi connectivity index (χ2v) is 5.99. The number of anilines is 1. The molecule has 0 bridgehead atoms. The minimum Gasteiger partial charge on any atom is -0.489 e. The Hall–Kier alpha value is -2.40. The minimum atomic E-state index is -0.280. The molecule has 1 aliphatic heterocycles. The molecule has 1 amide bonds. The van der Waals surface area contributed by atoms with Gasteiger partial charge in [-0.3, -0.25) is 4.79 Å². The van der Waals surface area contributed by atoms with Crippen LogP contribution in [0.5, 0.6) is 5.75 Å². The molecule has 0 aliphatic carbocycles. The van der Waals surface area contributed by atoms with E-state index in [1.54, 1.807) is 12.1 Å². The highest BCUT2D eigenvalue weighted by molar-refractivity contribution is 5.91. The fourth-order valence-corrected chi connectivity index (χ4v) is 2.82. The van der Waals surface area contributed by atoms with E-state index in [-0.39, 0.29) is 24.4 Å². The summed E-state index contributed by atoms with van der Waals surface area (Å²) in [6, 6.07) is 13.8. The van der Waals surface area contributed by atoms with Crippen molar-refractivity contribution in [1.82, 2.24) is 5.32 Å². The van der Waals surface area contributed by atoms with Crippen molar-refractivity contribution in [3.63, 3.8) is 0 Å². The number of carbonyl (C=O) groups excluding carboxylic acids is 1. The maximum Gasteiger partial charge on any atom is 0.225 e. The van der Waals surface area contributed by atoms with Crippen LogP contribution in [0.3, 0.4) is 0 Å². The summed E-state index contributed by atoms with van der Waals surface area (Å²) < 4.78 is 18.8. The van der Waals surface area contributed by atoms with Gasteiger partial charge in [-0.1, -0.05) is 18.2 Å². The summed E-state index contributed by atoms with van der Waals surface area (Å²) in [5.74, 6) is 0.352. The molecule has 3 rings (SSSR count). The molecular formula is C19H21FN2O2. The molecule has 4 nitrogen and oxygen atoms in total. The van der Waals surface area contributed by atoms with Crippen molar-refractivity contribution in [3.05, 3.63) is 59.9 Å². The molecule has 24 heavy (non-hydrogen) atoms. The smallest absolute Gasteiger partial charge is 0.225 e. The summed E-state index contributed by atoms with van der Waals surface area (Å²) in [6.45, 7) is 1.27. The van der Waals surface area contributed by atoms with Crippen LogP contribution in [-0.4, -0.2) is 18.5 Å². The maximum absolute atomic E-state index is 13.2. The van der Waals surface area contributed by atoms with Crippen LogP contribution in [0.1, 0.15) is 24.8 Å². The summed E-state index contributed by atoms with van der Waals surface area (Å²) >= 11 is 0. The number of nitrogens with one attached hydrogen (secondary N) is 2. The van der Waals surface area contributed by atoms with Crippen LogP contribution in [0, 0.1) is 5.82 Å². The quantitative estimate of drug-likeness (QED) is 0.853. The Kier molecular flexibility index (Phi) is 5.43. The van der Waals surface area contributed by atoms with Crippen LogP contribution < -0.4 is 15.4 Å². The van der Waals surface area contributed by atoms with E-state index in [2.05, 4.69) is 10.6 Å². The predicted molar refractivity (Wildman–Crippen MR) is 91.4 cm³/mol. The highest BCUT2D eigenvalue weighted by Gasteiger charge is 2.17. The van der Waals surface area contributed by atoms with Gasteiger partial charge in [-0.25, -0.2) is 4.39 Å². The third-order valence-electron chi connectivity index (χ3n) is 4.01. The number of halogens is 1. The summed E-state index contributed by atoms with van der Waals surface area (Å²) in [5, 5.41) is 6.21. The molecule has 5 heteroatoms. The zero-order valence-electron chi connectivity index (χ0n) is 13.4. The van der Waals surface area contributed by atoms with E-state index < -0.39 is 0 Å². The third kappa shape index (κ3) is 4.80. The van der Waals surface area contributed by atoms with Crippen molar-refractivity contribution in [1.29, 1.82) is 0 Å². The first-order valence-electron chi connectivity index (χ1n) is 8.19. The lowest BCUT2D eigenvalue weighted by Crippen LogP contribution is -2.27. The first-order valence-corrected chi connectivity index (χ1v) is 8.19. The van der Waals surface area contributed by atoms with Crippen molar-refractivity contribution >= 4 is 11.6 Å². The van der Waals surface area contributed by atoms with Crippen molar-refractivity contribution in [2.45, 2.75) is 31.9 Å². The lowest BCUT2D eigenvalue weighted by Gasteiger charge is -2.12. The lowest BCUT2D eigenvalue weighted by atomic mass is 10.1. The van der Waals surface area contributed by atoms with E-state index >= 15 is 0 Å². The average molecular weight is 328 g/mol. The number of rotatable bonds is 6. The lowest BCUT2D eigenvalue weighted by molar-refractivity contribution is -0.116. The maximum atomic E-state index is 13.2. The highest BCUT2D eigenvalue weighted by Crippen LogP contribution is 2.19. The number of ether oxygens (including phenoxy) is 1. The van der Waals surface area contributed by atoms with Gasteiger partial charge in [0, 0.05) is 24.2 Å². The van der Waals surface area contributed by atoms with Gasteiger partial charge in [0.2, 0.25) is 5.91 Å². The summed E-state index contributed by atoms with van der Waals surface area (Å²) in [5.41, 5.74) is 1.46. The Balaban J connectivity index is 1.54. The van der Waals surface area contributed by atoms with Gasteiger partial charge in [0.25, 0.3) is 0 Å². The van der Waals surface area contributed by atoms with Gasteiger partial charge in [-0.05, 0) is 49.2 Å². The topological polar surface area (TPSA) is 50.4 Å². The highest BCUT2D eigenvalue weighted by atomic mass is 19.1. The molecule has 2 aromatic carbocycles. The molecule has 0 aromatic heterocycles. The SMILES string of the molecule is O=C(CC1CCCN1)Nc1cccc(OCc2cccc(F)c2)c1. The Morgan fingerprint density at radius 2 is 2.12 bits per heavy atom. The van der Waals surface area contributed by atoms with Crippen LogP contribution in [0.4, 0.5) is 10.1 Å². The number of carbonyl (C=O) groups is 1. The second kappa shape index (κ2) is 7.93. The standard InChI is InChI=1S/C19H21FN2O2/c20-15-5-1-4-14(10-15)13-24-18-8-2-6-17(11-18)22-19(23)12-16-7-3-9-21-16/h1-2,4-6,8,10-11,16,21H,3,7,9,12-13H2,(H,22,23). The second-order valence-electron chi connectivity index (χ2n) is 5.99. The van der Waals surface area contributed by atoms with Crippen molar-refractivity contribution < 1.29 is 13.9 Å². The summed E-state index contributed by atoms with van der Waals surface area (Å²) in [4.78, 5) is 12.1. The number of hydrogen-bond acceptors (Lipinski definition) is 3. The fraction of sp³-hybridized carbons (Fsp3) is 0.316. The van der Waals surface area contributed by atoms with Gasteiger partial charge >= 0.3 is 0 Å². The molecule has 2 aromatic rings. The van der Waals surface area contributed by atoms with Crippen LogP contribution in [0.25, 0.3) is 0 Å². The van der Waals surface area contributed by atoms with Crippen molar-refractivity contribution in [2.24, 2.45) is 0 Å². The minimum absolute atomic E-state index is 0.00307. The molecule has 0 saturated carbocycles. The molecule has 1 heterocycles. The Bertz CT molecular complexity index is 699. The van der Waals surface area contributed by atoms with Gasteiger partial charge in [0.05, 0.1) is 0 Å². The van der Waals surface area contributed by atoms with Gasteiger partial charge in [0.15, 0.2) is 0 Å². The molecule has 0 spiro atoms. The largest absolute Gasteiger partial charge is 0.489 e. The molecule has 1 atom stereocenters. The number of benzene rings is 2. The van der Waals surface area contributed by atoms with Crippen LogP contribution in [-0.2, 0) is 11.4 Å². The normalized spacial score (nSPS) is 16.8. The molecule has 1 saturated heterocycles. The first kappa shape index (κ1) is 16.5. The Labute approximate surface area is 141 Å². The monoisotopic (exact) mass is 328 g/mol. The van der Waals surface area contributed by atoms with Crippen molar-refractivity contribution in [2.75, 3.05) is 11.9 Å². The Morgan fingerprint density at radius 3 is 2.92 bits per heavy atom. The van der Waals surface area contributed by atoms with Crippen molar-refractivity contribution in [3.8, 4) is 5.75 Å². The molecule has 1 unspecified atom stereocenters. The third-order valence-corrected chi connectivity index (χ3v) is 4.01. The summed E-state index contributed by atoms with van der Waals surface area (Å²) in [7, 11) is 0. The molecule has 0 radical (unpaired) electrons. The molecule has 2 N–H and O–H groups in total. The molecule has 126 valence electrons. The van der Waals surface area contributed by atoms with Gasteiger partial charge in [0.1, 0.15) is 18.2 Å². The first-order chi connectivity index (χ1) is 11.7. The van der Waals surface area contributed by atoms with Crippen LogP contribution >= 0.6 is 0 Å². The fourth-order valence-electron chi connectivity index (χ4n) is 2.82. The van der Waals surface area contributed by atoms with E-state index in [1.807, 2.05) is 24.3 Å². The van der Waals surface area contributed by atoms with Gasteiger partial charge in [-0.2, -0.15) is 0 Å². The number of hydrogen-bond donors (Lipinski definition) is 2. The van der Waals surface area contributed by atoms with Gasteiger partial charge in [-0.15, -0.1) is 0 Å². The van der Waals surface area contributed by atoms with Crippen LogP contribution in [0.2, 0.25) is 0 Å². The zero-order valence-corrected chi connectivity index (χ0v) is 13.4. The predicted octanol–water partition coefficient (Wildman–Crippen LogP) is 3.49.